The van der Waals surface area contributed by atoms with Gasteiger partial charge in [0.2, 0.25) is 0 Å². The van der Waals surface area contributed by atoms with Crippen molar-refractivity contribution in [3.63, 3.8) is 0 Å². The van der Waals surface area contributed by atoms with Crippen LogP contribution >= 0.6 is 11.6 Å². The van der Waals surface area contributed by atoms with Crippen LogP contribution in [0.3, 0.4) is 0 Å². The highest BCUT2D eigenvalue weighted by Crippen LogP contribution is 2.25. The minimum absolute atomic E-state index is 0.286. The van der Waals surface area contributed by atoms with Gasteiger partial charge in [-0.05, 0) is 31.2 Å². The van der Waals surface area contributed by atoms with Gasteiger partial charge >= 0.3 is 0 Å². The van der Waals surface area contributed by atoms with Crippen molar-refractivity contribution in [3.8, 4) is 0 Å². The molecule has 3 nitrogen and oxygen atoms in total. The zero-order chi connectivity index (χ0) is 12.3. The van der Waals surface area contributed by atoms with Crippen LogP contribution in [-0.2, 0) is 0 Å². The molecule has 0 saturated heterocycles. The smallest absolute Gasteiger partial charge is 0.155 e. The number of rotatable bonds is 3. The van der Waals surface area contributed by atoms with Gasteiger partial charge in [-0.15, -0.1) is 10.2 Å². The zero-order valence-electron chi connectivity index (χ0n) is 9.27. The number of hydrogen-bond acceptors (Lipinski definition) is 3. The van der Waals surface area contributed by atoms with Crippen LogP contribution in [0.5, 0.6) is 0 Å². The van der Waals surface area contributed by atoms with Gasteiger partial charge in [0.25, 0.3) is 0 Å². The SMILES string of the molecule is CCN(c1ccc(Cl)nn1)c1ccccc1F. The van der Waals surface area contributed by atoms with Crippen molar-refractivity contribution in [3.05, 3.63) is 47.4 Å². The number of para-hydroxylation sites is 1. The molecule has 0 aliphatic rings. The average Bonchev–Trinajstić information content (AvgIpc) is 2.35. The molecule has 1 aromatic heterocycles. The van der Waals surface area contributed by atoms with E-state index < -0.39 is 0 Å². The van der Waals surface area contributed by atoms with E-state index in [0.717, 1.165) is 0 Å². The zero-order valence-corrected chi connectivity index (χ0v) is 10.0. The number of halogens is 2. The van der Waals surface area contributed by atoms with Crippen LogP contribution in [0.25, 0.3) is 0 Å². The summed E-state index contributed by atoms with van der Waals surface area (Å²) in [5, 5.41) is 8.02. The Labute approximate surface area is 104 Å². The third-order valence-corrected chi connectivity index (χ3v) is 2.56. The Kier molecular flexibility index (Phi) is 3.54. The summed E-state index contributed by atoms with van der Waals surface area (Å²) in [6.45, 7) is 2.51. The van der Waals surface area contributed by atoms with Crippen LogP contribution in [0.4, 0.5) is 15.9 Å². The van der Waals surface area contributed by atoms with E-state index in [2.05, 4.69) is 10.2 Å². The second-order valence-corrected chi connectivity index (χ2v) is 3.80. The Bertz CT molecular complexity index is 501. The molecule has 0 spiro atoms. The van der Waals surface area contributed by atoms with Crippen LogP contribution in [0, 0.1) is 5.82 Å². The van der Waals surface area contributed by atoms with Gasteiger partial charge in [-0.25, -0.2) is 4.39 Å². The van der Waals surface area contributed by atoms with Crippen LogP contribution in [0.2, 0.25) is 5.15 Å². The van der Waals surface area contributed by atoms with Crippen molar-refractivity contribution in [1.29, 1.82) is 0 Å². The first-order valence-corrected chi connectivity index (χ1v) is 5.61. The lowest BCUT2D eigenvalue weighted by atomic mass is 10.2. The normalized spacial score (nSPS) is 10.3. The summed E-state index contributed by atoms with van der Waals surface area (Å²) >= 11 is 5.67. The van der Waals surface area contributed by atoms with E-state index >= 15 is 0 Å². The van der Waals surface area contributed by atoms with Gasteiger partial charge < -0.3 is 4.90 Å². The summed E-state index contributed by atoms with van der Waals surface area (Å²) in [7, 11) is 0. The highest BCUT2D eigenvalue weighted by Gasteiger charge is 2.12. The van der Waals surface area contributed by atoms with Crippen molar-refractivity contribution in [2.24, 2.45) is 0 Å². The number of nitrogens with zero attached hydrogens (tertiary/aromatic N) is 3. The summed E-state index contributed by atoms with van der Waals surface area (Å²) in [4.78, 5) is 1.73. The Morgan fingerprint density at radius 1 is 1.18 bits per heavy atom. The molecule has 0 unspecified atom stereocenters. The van der Waals surface area contributed by atoms with Crippen LogP contribution < -0.4 is 4.90 Å². The van der Waals surface area contributed by atoms with E-state index in [-0.39, 0.29) is 5.82 Å². The highest BCUT2D eigenvalue weighted by molar-refractivity contribution is 6.29. The Balaban J connectivity index is 2.40. The van der Waals surface area contributed by atoms with Gasteiger partial charge in [0.05, 0.1) is 5.69 Å². The number of aromatic nitrogens is 2. The molecule has 0 aliphatic carbocycles. The first-order valence-electron chi connectivity index (χ1n) is 5.23. The molecule has 2 aromatic rings. The van der Waals surface area contributed by atoms with Gasteiger partial charge in [-0.2, -0.15) is 0 Å². The van der Waals surface area contributed by atoms with Crippen molar-refractivity contribution in [2.75, 3.05) is 11.4 Å². The highest BCUT2D eigenvalue weighted by atomic mass is 35.5. The predicted octanol–water partition coefficient (Wildman–Crippen LogP) is 3.43. The molecule has 0 aliphatic heterocycles. The minimum atomic E-state index is -0.286. The molecule has 0 fully saturated rings. The van der Waals surface area contributed by atoms with Crippen LogP contribution in [-0.4, -0.2) is 16.7 Å². The Hall–Kier alpha value is -1.68. The van der Waals surface area contributed by atoms with Crippen LogP contribution in [0.1, 0.15) is 6.92 Å². The second kappa shape index (κ2) is 5.10. The summed E-state index contributed by atoms with van der Waals surface area (Å²) in [5.41, 5.74) is 0.478. The lowest BCUT2D eigenvalue weighted by Gasteiger charge is -2.21. The van der Waals surface area contributed by atoms with E-state index in [0.29, 0.717) is 23.2 Å². The largest absolute Gasteiger partial charge is 0.323 e. The second-order valence-electron chi connectivity index (χ2n) is 3.41. The number of anilines is 2. The van der Waals surface area contributed by atoms with Crippen molar-refractivity contribution in [1.82, 2.24) is 10.2 Å². The first-order chi connectivity index (χ1) is 8.22. The third kappa shape index (κ3) is 2.53. The van der Waals surface area contributed by atoms with E-state index in [1.54, 1.807) is 35.2 Å². The monoisotopic (exact) mass is 251 g/mol. The fourth-order valence-electron chi connectivity index (χ4n) is 1.58. The number of hydrogen-bond donors (Lipinski definition) is 0. The van der Waals surface area contributed by atoms with Gasteiger partial charge in [-0.1, -0.05) is 23.7 Å². The van der Waals surface area contributed by atoms with E-state index in [1.807, 2.05) is 6.92 Å². The van der Waals surface area contributed by atoms with Gasteiger partial charge in [0.15, 0.2) is 11.0 Å². The fraction of sp³-hybridized carbons (Fsp3) is 0.167. The van der Waals surface area contributed by atoms with Gasteiger partial charge in [-0.3, -0.25) is 0 Å². The minimum Gasteiger partial charge on any atom is -0.323 e. The molecule has 0 N–H and O–H groups in total. The topological polar surface area (TPSA) is 29.0 Å². The fourth-order valence-corrected chi connectivity index (χ4v) is 1.68. The molecule has 0 saturated carbocycles. The molecule has 17 heavy (non-hydrogen) atoms. The molecule has 5 heteroatoms. The molecule has 2 rings (SSSR count). The summed E-state index contributed by atoms with van der Waals surface area (Å²) in [5.74, 6) is 0.285. The Morgan fingerprint density at radius 3 is 2.53 bits per heavy atom. The maximum atomic E-state index is 13.7. The van der Waals surface area contributed by atoms with Crippen LogP contribution in [0.15, 0.2) is 36.4 Å². The molecule has 0 amide bonds. The lowest BCUT2D eigenvalue weighted by molar-refractivity contribution is 0.625. The lowest BCUT2D eigenvalue weighted by Crippen LogP contribution is -2.18. The molecule has 0 radical (unpaired) electrons. The number of benzene rings is 1. The maximum absolute atomic E-state index is 13.7. The predicted molar refractivity (Wildman–Crippen MR) is 66.1 cm³/mol. The first kappa shape index (κ1) is 11.8. The average molecular weight is 252 g/mol. The molecular weight excluding hydrogens is 241 g/mol. The maximum Gasteiger partial charge on any atom is 0.155 e. The molecule has 1 aromatic carbocycles. The van der Waals surface area contributed by atoms with Crippen molar-refractivity contribution in [2.45, 2.75) is 6.92 Å². The van der Waals surface area contributed by atoms with Gasteiger partial charge in [0.1, 0.15) is 5.82 Å². The van der Waals surface area contributed by atoms with E-state index in [9.17, 15) is 4.39 Å². The molecular formula is C12H11ClFN3. The summed E-state index contributed by atoms with van der Waals surface area (Å²) in [6, 6.07) is 9.90. The van der Waals surface area contributed by atoms with Gasteiger partial charge in [0, 0.05) is 6.54 Å². The van der Waals surface area contributed by atoms with E-state index in [4.69, 9.17) is 11.6 Å². The van der Waals surface area contributed by atoms with E-state index in [1.165, 1.54) is 6.07 Å². The van der Waals surface area contributed by atoms with Crippen molar-refractivity contribution >= 4 is 23.1 Å². The molecule has 88 valence electrons. The third-order valence-electron chi connectivity index (χ3n) is 2.35. The Morgan fingerprint density at radius 2 is 1.94 bits per heavy atom. The quantitative estimate of drug-likeness (QED) is 0.837. The molecule has 1 heterocycles. The standard InChI is InChI=1S/C12H11ClFN3/c1-2-17(10-6-4-3-5-9(10)14)12-8-7-11(13)15-16-12/h3-8H,2H2,1H3. The summed E-state index contributed by atoms with van der Waals surface area (Å²) in [6.07, 6.45) is 0. The molecule has 0 bridgehead atoms. The van der Waals surface area contributed by atoms with Crippen molar-refractivity contribution < 1.29 is 4.39 Å². The molecule has 0 atom stereocenters. The summed E-state index contributed by atoms with van der Waals surface area (Å²) < 4.78 is 13.7.